The van der Waals surface area contributed by atoms with Gasteiger partial charge < -0.3 is 9.64 Å². The molecule has 0 atom stereocenters. The summed E-state index contributed by atoms with van der Waals surface area (Å²) in [6.07, 6.45) is 3.66. The van der Waals surface area contributed by atoms with Gasteiger partial charge in [-0.05, 0) is 37.8 Å². The van der Waals surface area contributed by atoms with Crippen molar-refractivity contribution >= 4 is 17.7 Å². The van der Waals surface area contributed by atoms with Gasteiger partial charge >= 0.3 is 0 Å². The first kappa shape index (κ1) is 15.3. The van der Waals surface area contributed by atoms with Crippen molar-refractivity contribution in [3.63, 3.8) is 0 Å². The van der Waals surface area contributed by atoms with Gasteiger partial charge in [0.2, 0.25) is 5.91 Å². The zero-order valence-electron chi connectivity index (χ0n) is 13.4. The van der Waals surface area contributed by atoms with Crippen molar-refractivity contribution < 1.29 is 19.1 Å². The zero-order chi connectivity index (χ0) is 16.7. The van der Waals surface area contributed by atoms with Crippen LogP contribution in [-0.2, 0) is 9.53 Å². The zero-order valence-corrected chi connectivity index (χ0v) is 13.4. The molecule has 24 heavy (non-hydrogen) atoms. The summed E-state index contributed by atoms with van der Waals surface area (Å²) in [7, 11) is 0. The van der Waals surface area contributed by atoms with Crippen molar-refractivity contribution in [2.45, 2.75) is 37.8 Å². The van der Waals surface area contributed by atoms with Crippen LogP contribution >= 0.6 is 0 Å². The molecule has 2 heterocycles. The molecule has 1 aliphatic carbocycles. The molecule has 6 nitrogen and oxygen atoms in total. The van der Waals surface area contributed by atoms with E-state index in [9.17, 15) is 14.4 Å². The van der Waals surface area contributed by atoms with Crippen LogP contribution in [0.25, 0.3) is 0 Å². The summed E-state index contributed by atoms with van der Waals surface area (Å²) < 4.78 is 5.38. The van der Waals surface area contributed by atoms with Gasteiger partial charge in [-0.3, -0.25) is 19.3 Å². The van der Waals surface area contributed by atoms with Crippen molar-refractivity contribution in [3.8, 4) is 0 Å². The Morgan fingerprint density at radius 1 is 1.00 bits per heavy atom. The summed E-state index contributed by atoms with van der Waals surface area (Å²) in [6, 6.07) is 7.15. The van der Waals surface area contributed by atoms with E-state index in [0.717, 1.165) is 30.6 Å². The second kappa shape index (κ2) is 6.02. The minimum Gasteiger partial charge on any atom is -0.381 e. The van der Waals surface area contributed by atoms with E-state index in [1.165, 1.54) is 0 Å². The van der Waals surface area contributed by atoms with Crippen LogP contribution in [0.2, 0.25) is 0 Å². The lowest BCUT2D eigenvalue weighted by atomic mass is 10.1. The van der Waals surface area contributed by atoms with E-state index >= 15 is 0 Å². The van der Waals surface area contributed by atoms with Gasteiger partial charge in [-0.1, -0.05) is 12.1 Å². The van der Waals surface area contributed by atoms with E-state index in [1.54, 1.807) is 24.3 Å². The van der Waals surface area contributed by atoms with Gasteiger partial charge in [0.15, 0.2) is 0 Å². The van der Waals surface area contributed by atoms with Gasteiger partial charge in [0.1, 0.15) is 6.54 Å². The molecular formula is C18H20N2O4. The van der Waals surface area contributed by atoms with Gasteiger partial charge in [-0.25, -0.2) is 0 Å². The maximum absolute atomic E-state index is 12.9. The van der Waals surface area contributed by atoms with Crippen molar-refractivity contribution in [2.24, 2.45) is 0 Å². The normalized spacial score (nSPS) is 21.1. The Hall–Kier alpha value is -2.21. The van der Waals surface area contributed by atoms with E-state index in [0.29, 0.717) is 24.3 Å². The summed E-state index contributed by atoms with van der Waals surface area (Å²) in [5, 5.41) is 0. The first-order chi connectivity index (χ1) is 11.7. The predicted molar refractivity (Wildman–Crippen MR) is 85.5 cm³/mol. The minimum atomic E-state index is -0.369. The fraction of sp³-hybridized carbons (Fsp3) is 0.500. The average molecular weight is 328 g/mol. The summed E-state index contributed by atoms with van der Waals surface area (Å²) in [5.74, 6) is -0.864. The Morgan fingerprint density at radius 3 is 2.08 bits per heavy atom. The molecule has 0 radical (unpaired) electrons. The highest BCUT2D eigenvalue weighted by molar-refractivity contribution is 6.22. The summed E-state index contributed by atoms with van der Waals surface area (Å²) in [5.41, 5.74) is 0.777. The summed E-state index contributed by atoms with van der Waals surface area (Å²) in [6.45, 7) is 1.16. The van der Waals surface area contributed by atoms with E-state index in [4.69, 9.17) is 4.74 Å². The molecule has 1 aromatic rings. The molecule has 4 rings (SSSR count). The maximum atomic E-state index is 12.9. The Balaban J connectivity index is 1.51. The number of rotatable bonds is 4. The third-order valence-corrected chi connectivity index (χ3v) is 4.98. The van der Waals surface area contributed by atoms with Crippen LogP contribution in [0.4, 0.5) is 0 Å². The van der Waals surface area contributed by atoms with Crippen LogP contribution in [0.3, 0.4) is 0 Å². The maximum Gasteiger partial charge on any atom is 0.262 e. The highest BCUT2D eigenvalue weighted by atomic mass is 16.5. The predicted octanol–water partition coefficient (Wildman–Crippen LogP) is 1.45. The summed E-state index contributed by atoms with van der Waals surface area (Å²) in [4.78, 5) is 40.7. The smallest absolute Gasteiger partial charge is 0.262 e. The molecule has 0 bridgehead atoms. The number of fused-ring (bicyclic) bond motifs is 1. The number of hydrogen-bond donors (Lipinski definition) is 0. The van der Waals surface area contributed by atoms with Crippen LogP contribution in [-0.4, -0.2) is 59.4 Å². The fourth-order valence-electron chi connectivity index (χ4n) is 3.62. The topological polar surface area (TPSA) is 66.9 Å². The highest BCUT2D eigenvalue weighted by Gasteiger charge is 2.42. The molecule has 1 saturated heterocycles. The number of hydrogen-bond acceptors (Lipinski definition) is 4. The number of nitrogens with zero attached hydrogens (tertiary/aromatic N) is 2. The highest BCUT2D eigenvalue weighted by Crippen LogP contribution is 2.32. The number of benzene rings is 1. The molecule has 3 aliphatic rings. The van der Waals surface area contributed by atoms with E-state index in [1.807, 2.05) is 4.90 Å². The average Bonchev–Trinajstić information content (AvgIpc) is 3.41. The lowest BCUT2D eigenvalue weighted by molar-refractivity contribution is -0.136. The second-order valence-corrected chi connectivity index (χ2v) is 6.62. The number of ether oxygens (including phenoxy) is 1. The largest absolute Gasteiger partial charge is 0.381 e. The molecule has 6 heteroatoms. The Bertz CT molecular complexity index is 657. The molecule has 0 unspecified atom stereocenters. The number of carbonyl (C=O) groups is 3. The second-order valence-electron chi connectivity index (χ2n) is 6.62. The van der Waals surface area contributed by atoms with Crippen LogP contribution in [0.1, 0.15) is 46.4 Å². The Morgan fingerprint density at radius 2 is 1.54 bits per heavy atom. The van der Waals surface area contributed by atoms with Crippen LogP contribution in [0.5, 0.6) is 0 Å². The number of carbonyl (C=O) groups excluding carboxylic acids is 3. The number of amides is 3. The molecule has 3 amide bonds. The molecule has 0 spiro atoms. The fourth-order valence-corrected chi connectivity index (χ4v) is 3.62. The van der Waals surface area contributed by atoms with Gasteiger partial charge in [-0.15, -0.1) is 0 Å². The molecule has 0 N–H and O–H groups in total. The molecular weight excluding hydrogens is 308 g/mol. The molecule has 126 valence electrons. The Kier molecular flexibility index (Phi) is 3.84. The van der Waals surface area contributed by atoms with Crippen molar-refractivity contribution in [3.05, 3.63) is 35.4 Å². The van der Waals surface area contributed by atoms with Crippen molar-refractivity contribution in [1.29, 1.82) is 0 Å². The third-order valence-electron chi connectivity index (χ3n) is 4.98. The SMILES string of the molecule is O=C1c2ccccc2C(=O)N1CC(=O)N(C1CCOCC1)C1CC1. The molecule has 2 fully saturated rings. The lowest BCUT2D eigenvalue weighted by Crippen LogP contribution is -2.49. The quantitative estimate of drug-likeness (QED) is 0.785. The number of imide groups is 1. The third kappa shape index (κ3) is 2.60. The van der Waals surface area contributed by atoms with E-state index in [-0.39, 0.29) is 36.3 Å². The van der Waals surface area contributed by atoms with Gasteiger partial charge in [0.05, 0.1) is 11.1 Å². The monoisotopic (exact) mass is 328 g/mol. The standard InChI is InChI=1S/C18H20N2O4/c21-16(20(12-5-6-12)13-7-9-24-10-8-13)11-19-17(22)14-3-1-2-4-15(14)18(19)23/h1-4,12-13H,5-11H2. The molecule has 1 aromatic carbocycles. The summed E-state index contributed by atoms with van der Waals surface area (Å²) >= 11 is 0. The van der Waals surface area contributed by atoms with Gasteiger partial charge in [0, 0.05) is 25.3 Å². The lowest BCUT2D eigenvalue weighted by Gasteiger charge is -2.35. The van der Waals surface area contributed by atoms with Crippen LogP contribution in [0, 0.1) is 0 Å². The van der Waals surface area contributed by atoms with E-state index in [2.05, 4.69) is 0 Å². The molecule has 0 aromatic heterocycles. The Labute approximate surface area is 140 Å². The van der Waals surface area contributed by atoms with Crippen molar-refractivity contribution in [2.75, 3.05) is 19.8 Å². The van der Waals surface area contributed by atoms with Crippen molar-refractivity contribution in [1.82, 2.24) is 9.80 Å². The van der Waals surface area contributed by atoms with E-state index < -0.39 is 0 Å². The first-order valence-corrected chi connectivity index (χ1v) is 8.51. The van der Waals surface area contributed by atoms with Gasteiger partial charge in [-0.2, -0.15) is 0 Å². The molecule has 2 aliphatic heterocycles. The van der Waals surface area contributed by atoms with Crippen LogP contribution in [0.15, 0.2) is 24.3 Å². The first-order valence-electron chi connectivity index (χ1n) is 8.51. The molecule has 1 saturated carbocycles. The van der Waals surface area contributed by atoms with Crippen LogP contribution < -0.4 is 0 Å². The minimum absolute atomic E-state index is 0.126. The van der Waals surface area contributed by atoms with Gasteiger partial charge in [0.25, 0.3) is 11.8 Å².